The minimum atomic E-state index is -4.17. The van der Waals surface area contributed by atoms with Crippen molar-refractivity contribution >= 4 is 25.7 Å². The minimum Gasteiger partial charge on any atom is -0.284 e. The van der Waals surface area contributed by atoms with Crippen LogP contribution in [-0.2, 0) is 20.0 Å². The Labute approximate surface area is 148 Å². The molecule has 0 bridgehead atoms. The fourth-order valence-corrected chi connectivity index (χ4v) is 3.60. The van der Waals surface area contributed by atoms with Crippen LogP contribution >= 0.6 is 0 Å². The van der Waals surface area contributed by atoms with Crippen molar-refractivity contribution in [3.63, 3.8) is 0 Å². The SMILES string of the molecule is CS(=O)(=O)Nc1cccc(-c2ccnc(S(N)(=O)=O)c2-c2nn[nH]n2)c1. The van der Waals surface area contributed by atoms with Gasteiger partial charge in [0.1, 0.15) is 0 Å². The minimum absolute atomic E-state index is 0.0152. The molecule has 11 nitrogen and oxygen atoms in total. The van der Waals surface area contributed by atoms with Crippen molar-refractivity contribution in [1.29, 1.82) is 0 Å². The third-order valence-corrected chi connectivity index (χ3v) is 4.69. The molecule has 0 atom stereocenters. The van der Waals surface area contributed by atoms with Gasteiger partial charge >= 0.3 is 0 Å². The number of tetrazole rings is 1. The Bertz CT molecular complexity index is 1160. The zero-order valence-corrected chi connectivity index (χ0v) is 14.9. The van der Waals surface area contributed by atoms with Gasteiger partial charge in [0.25, 0.3) is 10.0 Å². The van der Waals surface area contributed by atoms with Gasteiger partial charge in [-0.25, -0.2) is 27.0 Å². The Morgan fingerprint density at radius 2 is 1.92 bits per heavy atom. The normalized spacial score (nSPS) is 12.1. The molecular formula is C13H13N7O4S2. The van der Waals surface area contributed by atoms with Gasteiger partial charge < -0.3 is 0 Å². The molecule has 0 saturated carbocycles. The first-order chi connectivity index (χ1) is 12.1. The highest BCUT2D eigenvalue weighted by atomic mass is 32.2. The summed E-state index contributed by atoms with van der Waals surface area (Å²) in [5.74, 6) is -0.0152. The molecule has 0 aliphatic carbocycles. The van der Waals surface area contributed by atoms with Gasteiger partial charge in [-0.3, -0.25) is 4.72 Å². The lowest BCUT2D eigenvalue weighted by Gasteiger charge is -2.12. The maximum absolute atomic E-state index is 11.9. The summed E-state index contributed by atoms with van der Waals surface area (Å²) in [4.78, 5) is 3.83. The van der Waals surface area contributed by atoms with E-state index in [-0.39, 0.29) is 11.4 Å². The predicted octanol–water partition coefficient (Wildman–Crippen LogP) is -0.0524. The number of nitrogens with zero attached hydrogens (tertiary/aromatic N) is 4. The molecule has 13 heteroatoms. The number of hydrogen-bond donors (Lipinski definition) is 3. The molecule has 0 spiro atoms. The fourth-order valence-electron chi connectivity index (χ4n) is 2.35. The van der Waals surface area contributed by atoms with Crippen LogP contribution in [0.15, 0.2) is 41.6 Å². The molecule has 0 saturated heterocycles. The summed E-state index contributed by atoms with van der Waals surface area (Å²) in [5, 5.41) is 18.1. The van der Waals surface area contributed by atoms with Crippen molar-refractivity contribution in [1.82, 2.24) is 25.6 Å². The van der Waals surface area contributed by atoms with E-state index in [4.69, 9.17) is 5.14 Å². The molecule has 0 unspecified atom stereocenters. The summed E-state index contributed by atoms with van der Waals surface area (Å²) in [5.41, 5.74) is 1.26. The van der Waals surface area contributed by atoms with Crippen LogP contribution in [0, 0.1) is 0 Å². The molecule has 3 aromatic rings. The maximum atomic E-state index is 11.9. The molecule has 0 aliphatic rings. The molecule has 0 aliphatic heterocycles. The second-order valence-corrected chi connectivity index (χ2v) is 8.50. The van der Waals surface area contributed by atoms with Crippen molar-refractivity contribution < 1.29 is 16.8 Å². The van der Waals surface area contributed by atoms with E-state index in [1.165, 1.54) is 12.3 Å². The highest BCUT2D eigenvalue weighted by molar-refractivity contribution is 7.92. The summed E-state index contributed by atoms with van der Waals surface area (Å²) >= 11 is 0. The van der Waals surface area contributed by atoms with Crippen LogP contribution in [0.3, 0.4) is 0 Å². The lowest BCUT2D eigenvalue weighted by Crippen LogP contribution is -2.16. The summed E-state index contributed by atoms with van der Waals surface area (Å²) in [6.45, 7) is 0. The first kappa shape index (κ1) is 17.9. The highest BCUT2D eigenvalue weighted by Crippen LogP contribution is 2.34. The molecule has 136 valence electrons. The number of primary sulfonamides is 1. The van der Waals surface area contributed by atoms with E-state index >= 15 is 0 Å². The number of nitrogens with one attached hydrogen (secondary N) is 2. The van der Waals surface area contributed by atoms with Gasteiger partial charge in [-0.05, 0) is 34.5 Å². The van der Waals surface area contributed by atoms with E-state index in [1.54, 1.807) is 24.3 Å². The van der Waals surface area contributed by atoms with Crippen LogP contribution in [0.25, 0.3) is 22.5 Å². The Balaban J connectivity index is 2.25. The molecule has 1 aromatic carbocycles. The summed E-state index contributed by atoms with van der Waals surface area (Å²) < 4.78 is 49.1. The second kappa shape index (κ2) is 6.44. The largest absolute Gasteiger partial charge is 0.284 e. The number of aromatic nitrogens is 5. The van der Waals surface area contributed by atoms with Crippen molar-refractivity contribution in [2.24, 2.45) is 5.14 Å². The second-order valence-electron chi connectivity index (χ2n) is 5.27. The van der Waals surface area contributed by atoms with Gasteiger partial charge in [0.05, 0.1) is 11.8 Å². The Hall–Kier alpha value is -2.90. The van der Waals surface area contributed by atoms with Gasteiger partial charge in [0, 0.05) is 11.9 Å². The number of benzene rings is 1. The third-order valence-electron chi connectivity index (χ3n) is 3.23. The van der Waals surface area contributed by atoms with Crippen LogP contribution in [-0.4, -0.2) is 48.7 Å². The maximum Gasteiger partial charge on any atom is 0.256 e. The van der Waals surface area contributed by atoms with Gasteiger partial charge in [-0.1, -0.05) is 12.1 Å². The van der Waals surface area contributed by atoms with E-state index in [0.717, 1.165) is 6.26 Å². The topological polar surface area (TPSA) is 174 Å². The average Bonchev–Trinajstić information content (AvgIpc) is 3.06. The zero-order valence-electron chi connectivity index (χ0n) is 13.3. The van der Waals surface area contributed by atoms with E-state index in [9.17, 15) is 16.8 Å². The number of anilines is 1. The number of hydrogen-bond acceptors (Lipinski definition) is 8. The molecule has 4 N–H and O–H groups in total. The van der Waals surface area contributed by atoms with E-state index in [2.05, 4.69) is 30.3 Å². The van der Waals surface area contributed by atoms with Crippen molar-refractivity contribution in [2.75, 3.05) is 11.0 Å². The van der Waals surface area contributed by atoms with Gasteiger partial charge in [0.15, 0.2) is 5.03 Å². The molecule has 3 rings (SSSR count). The van der Waals surface area contributed by atoms with E-state index in [1.807, 2.05) is 0 Å². The zero-order chi connectivity index (χ0) is 18.9. The highest BCUT2D eigenvalue weighted by Gasteiger charge is 2.24. The van der Waals surface area contributed by atoms with Crippen LogP contribution in [0.5, 0.6) is 0 Å². The third kappa shape index (κ3) is 3.84. The number of nitrogens with two attached hydrogens (primary N) is 1. The molecule has 26 heavy (non-hydrogen) atoms. The average molecular weight is 395 g/mol. The lowest BCUT2D eigenvalue weighted by molar-refractivity contribution is 0.594. The molecule has 2 aromatic heterocycles. The number of H-pyrrole nitrogens is 1. The number of aromatic amines is 1. The quantitative estimate of drug-likeness (QED) is 0.539. The summed E-state index contributed by atoms with van der Waals surface area (Å²) in [6.07, 6.45) is 2.30. The van der Waals surface area contributed by atoms with Crippen molar-refractivity contribution in [2.45, 2.75) is 5.03 Å². The molecule has 0 radical (unpaired) electrons. The molecular weight excluding hydrogens is 382 g/mol. The number of pyridine rings is 1. The number of rotatable bonds is 5. The molecule has 0 amide bonds. The van der Waals surface area contributed by atoms with Crippen LogP contribution < -0.4 is 9.86 Å². The van der Waals surface area contributed by atoms with Crippen molar-refractivity contribution in [3.05, 3.63) is 36.5 Å². The smallest absolute Gasteiger partial charge is 0.256 e. The van der Waals surface area contributed by atoms with Crippen molar-refractivity contribution in [3.8, 4) is 22.5 Å². The molecule has 2 heterocycles. The first-order valence-electron chi connectivity index (χ1n) is 6.99. The predicted molar refractivity (Wildman–Crippen MR) is 92.7 cm³/mol. The van der Waals surface area contributed by atoms with Gasteiger partial charge in [-0.2, -0.15) is 5.21 Å². The fraction of sp³-hybridized carbons (Fsp3) is 0.0769. The Morgan fingerprint density at radius 3 is 2.54 bits per heavy atom. The molecule has 0 fully saturated rings. The summed E-state index contributed by atoms with van der Waals surface area (Å²) in [6, 6.07) is 7.91. The Kier molecular flexibility index (Phi) is 4.43. The standard InChI is InChI=1S/C13H13N7O4S2/c1-25(21,22)18-9-4-2-3-8(7-9)10-5-6-15-13(26(14,23)24)11(10)12-16-19-20-17-12/h2-7,18H,1H3,(H2,14,23,24)(H,16,17,19,20). The van der Waals surface area contributed by atoms with Gasteiger partial charge in [0.2, 0.25) is 15.8 Å². The van der Waals surface area contributed by atoms with E-state index in [0.29, 0.717) is 16.8 Å². The Morgan fingerprint density at radius 1 is 1.15 bits per heavy atom. The van der Waals surface area contributed by atoms with Gasteiger partial charge in [-0.15, -0.1) is 10.2 Å². The van der Waals surface area contributed by atoms with Crippen LogP contribution in [0.2, 0.25) is 0 Å². The first-order valence-corrected chi connectivity index (χ1v) is 10.4. The monoisotopic (exact) mass is 395 g/mol. The van der Waals surface area contributed by atoms with Crippen LogP contribution in [0.1, 0.15) is 0 Å². The summed E-state index contributed by atoms with van der Waals surface area (Å²) in [7, 11) is -7.65. The van der Waals surface area contributed by atoms with E-state index < -0.39 is 25.1 Å². The number of sulfonamides is 2. The lowest BCUT2D eigenvalue weighted by atomic mass is 10.0. The van der Waals surface area contributed by atoms with Crippen LogP contribution in [0.4, 0.5) is 5.69 Å².